The number of anilines is 1. The molecule has 1 N–H and O–H groups in total. The number of aryl methyl sites for hydroxylation is 2. The van der Waals surface area contributed by atoms with Gasteiger partial charge in [-0.3, -0.25) is 9.59 Å². The topological polar surface area (TPSA) is 81.3 Å². The summed E-state index contributed by atoms with van der Waals surface area (Å²) in [6, 6.07) is 9.16. The lowest BCUT2D eigenvalue weighted by atomic mass is 9.89. The summed E-state index contributed by atoms with van der Waals surface area (Å²) in [6.45, 7) is 3.84. The predicted octanol–water partition coefficient (Wildman–Crippen LogP) is 3.19. The van der Waals surface area contributed by atoms with Gasteiger partial charge in [0.25, 0.3) is 5.56 Å². The van der Waals surface area contributed by atoms with E-state index in [0.29, 0.717) is 17.4 Å². The summed E-state index contributed by atoms with van der Waals surface area (Å²) in [4.78, 5) is 29.7. The largest absolute Gasteiger partial charge is 0.324 e. The molecular weight excluding hydrogens is 354 g/mol. The Labute approximate surface area is 163 Å². The Morgan fingerprint density at radius 3 is 2.68 bits per heavy atom. The second-order valence-corrected chi connectivity index (χ2v) is 7.59. The number of nitrogens with one attached hydrogen (secondary N) is 1. The lowest BCUT2D eigenvalue weighted by Gasteiger charge is -2.17. The summed E-state index contributed by atoms with van der Waals surface area (Å²) < 4.78 is 3.09. The number of nitrogens with zero attached hydrogens (tertiary/aromatic N) is 4. The zero-order valence-corrected chi connectivity index (χ0v) is 16.3. The van der Waals surface area contributed by atoms with Gasteiger partial charge in [0.1, 0.15) is 6.54 Å². The van der Waals surface area contributed by atoms with E-state index >= 15 is 0 Å². The number of rotatable bonds is 4. The average molecular weight is 379 g/mol. The van der Waals surface area contributed by atoms with Crippen molar-refractivity contribution >= 4 is 17.4 Å². The molecule has 0 saturated heterocycles. The lowest BCUT2D eigenvalue weighted by Crippen LogP contribution is -2.25. The van der Waals surface area contributed by atoms with Crippen molar-refractivity contribution in [2.75, 3.05) is 5.32 Å². The van der Waals surface area contributed by atoms with E-state index in [1.807, 2.05) is 38.1 Å². The van der Waals surface area contributed by atoms with Crippen molar-refractivity contribution in [3.05, 3.63) is 57.8 Å². The molecule has 2 aromatic heterocycles. The molecule has 28 heavy (non-hydrogen) atoms. The van der Waals surface area contributed by atoms with Crippen molar-refractivity contribution in [3.63, 3.8) is 0 Å². The quantitative estimate of drug-likeness (QED) is 0.755. The third-order valence-corrected chi connectivity index (χ3v) is 5.51. The molecule has 1 saturated carbocycles. The third-order valence-electron chi connectivity index (χ3n) is 5.51. The molecule has 0 aliphatic heterocycles. The van der Waals surface area contributed by atoms with Crippen LogP contribution in [-0.2, 0) is 11.3 Å². The normalized spacial score (nSPS) is 15.1. The number of benzene rings is 1. The molecule has 146 valence electrons. The van der Waals surface area contributed by atoms with Gasteiger partial charge in [0, 0.05) is 23.4 Å². The Balaban J connectivity index is 1.66. The minimum absolute atomic E-state index is 0.0761. The van der Waals surface area contributed by atoms with Gasteiger partial charge in [-0.15, -0.1) is 5.10 Å². The molecule has 0 unspecified atom stereocenters. The molecule has 7 nitrogen and oxygen atoms in total. The van der Waals surface area contributed by atoms with Crippen LogP contribution in [0.2, 0.25) is 0 Å². The van der Waals surface area contributed by atoms with Gasteiger partial charge in [0.2, 0.25) is 11.7 Å². The van der Waals surface area contributed by atoms with E-state index in [2.05, 4.69) is 15.4 Å². The van der Waals surface area contributed by atoms with Crippen LogP contribution in [-0.4, -0.2) is 25.1 Å². The number of carbonyl (C=O) groups is 1. The summed E-state index contributed by atoms with van der Waals surface area (Å²) in [7, 11) is 0. The summed E-state index contributed by atoms with van der Waals surface area (Å²) in [5.74, 6) is 1.29. The van der Waals surface area contributed by atoms with Crippen molar-refractivity contribution in [1.82, 2.24) is 19.2 Å². The van der Waals surface area contributed by atoms with Crippen LogP contribution in [0.3, 0.4) is 0 Å². The zero-order chi connectivity index (χ0) is 19.7. The van der Waals surface area contributed by atoms with Gasteiger partial charge in [0.05, 0.1) is 0 Å². The first-order valence-corrected chi connectivity index (χ1v) is 9.85. The fourth-order valence-corrected chi connectivity index (χ4v) is 3.89. The van der Waals surface area contributed by atoms with E-state index in [9.17, 15) is 9.59 Å². The fraction of sp³-hybridized carbons (Fsp3) is 0.429. The smallest absolute Gasteiger partial charge is 0.275 e. The maximum absolute atomic E-state index is 12.7. The van der Waals surface area contributed by atoms with Crippen LogP contribution in [0.1, 0.15) is 55.1 Å². The molecule has 0 radical (unpaired) electrons. The van der Waals surface area contributed by atoms with E-state index in [4.69, 9.17) is 0 Å². The van der Waals surface area contributed by atoms with E-state index in [1.165, 1.54) is 29.8 Å². The highest BCUT2D eigenvalue weighted by atomic mass is 16.2. The number of carbonyl (C=O) groups excluding carboxylic acids is 1. The van der Waals surface area contributed by atoms with E-state index in [-0.39, 0.29) is 18.0 Å². The van der Waals surface area contributed by atoms with Gasteiger partial charge < -0.3 is 9.88 Å². The van der Waals surface area contributed by atoms with Gasteiger partial charge in [-0.05, 0) is 38.3 Å². The van der Waals surface area contributed by atoms with Crippen molar-refractivity contribution in [3.8, 4) is 0 Å². The number of aromatic nitrogens is 4. The molecule has 3 aromatic rings. The van der Waals surface area contributed by atoms with Crippen molar-refractivity contribution in [2.24, 2.45) is 0 Å². The van der Waals surface area contributed by atoms with Gasteiger partial charge in [-0.25, -0.2) is 0 Å². The van der Waals surface area contributed by atoms with Gasteiger partial charge in [-0.2, -0.15) is 9.50 Å². The Bertz CT molecular complexity index is 1080. The van der Waals surface area contributed by atoms with Crippen molar-refractivity contribution < 1.29 is 4.79 Å². The molecule has 1 fully saturated rings. The number of hydrogen-bond donors (Lipinski definition) is 1. The van der Waals surface area contributed by atoms with Gasteiger partial charge in [0.15, 0.2) is 5.82 Å². The molecule has 1 aliphatic rings. The third kappa shape index (κ3) is 3.56. The van der Waals surface area contributed by atoms with E-state index < -0.39 is 0 Å². The van der Waals surface area contributed by atoms with Crippen LogP contribution >= 0.6 is 0 Å². The second kappa shape index (κ2) is 7.58. The first-order chi connectivity index (χ1) is 13.5. The van der Waals surface area contributed by atoms with Crippen LogP contribution in [0.4, 0.5) is 5.69 Å². The van der Waals surface area contributed by atoms with E-state index in [0.717, 1.165) is 29.9 Å². The highest BCUT2D eigenvalue weighted by Gasteiger charge is 2.22. The number of hydrogen-bond acceptors (Lipinski definition) is 4. The SMILES string of the molecule is Cc1ccccc1NC(=O)Cn1c(C)cc(=O)n2nc(C3CCCCC3)nc12. The second-order valence-electron chi connectivity index (χ2n) is 7.59. The molecular formula is C21H25N5O2. The first kappa shape index (κ1) is 18.4. The summed E-state index contributed by atoms with van der Waals surface area (Å²) in [6.07, 6.45) is 5.69. The maximum atomic E-state index is 12.7. The summed E-state index contributed by atoms with van der Waals surface area (Å²) in [5.41, 5.74) is 2.27. The van der Waals surface area contributed by atoms with Gasteiger partial charge in [-0.1, -0.05) is 37.5 Å². The molecule has 1 aliphatic carbocycles. The minimum atomic E-state index is -0.211. The number of fused-ring (bicyclic) bond motifs is 1. The number of para-hydroxylation sites is 1. The highest BCUT2D eigenvalue weighted by molar-refractivity contribution is 5.91. The Morgan fingerprint density at radius 2 is 1.93 bits per heavy atom. The minimum Gasteiger partial charge on any atom is -0.324 e. The molecule has 1 amide bonds. The van der Waals surface area contributed by atoms with Crippen LogP contribution in [0.25, 0.3) is 5.78 Å². The molecule has 7 heteroatoms. The van der Waals surface area contributed by atoms with E-state index in [1.54, 1.807) is 4.57 Å². The van der Waals surface area contributed by atoms with Gasteiger partial charge >= 0.3 is 0 Å². The number of amides is 1. The van der Waals surface area contributed by atoms with Crippen molar-refractivity contribution in [1.29, 1.82) is 0 Å². The Morgan fingerprint density at radius 1 is 1.18 bits per heavy atom. The predicted molar refractivity (Wildman–Crippen MR) is 108 cm³/mol. The monoisotopic (exact) mass is 379 g/mol. The summed E-state index contributed by atoms with van der Waals surface area (Å²) in [5, 5.41) is 7.42. The first-order valence-electron chi connectivity index (χ1n) is 9.85. The van der Waals surface area contributed by atoms with Crippen LogP contribution in [0.5, 0.6) is 0 Å². The standard InChI is InChI=1S/C21H25N5O2/c1-14-8-6-7-11-17(14)22-18(27)13-25-15(2)12-19(28)26-21(25)23-20(24-26)16-9-4-3-5-10-16/h6-8,11-12,16H,3-5,9-10,13H2,1-2H3,(H,22,27). The van der Waals surface area contributed by atoms with Crippen LogP contribution in [0.15, 0.2) is 35.1 Å². The molecule has 1 aromatic carbocycles. The molecule has 2 heterocycles. The zero-order valence-electron chi connectivity index (χ0n) is 16.3. The Hall–Kier alpha value is -2.96. The summed E-state index contributed by atoms with van der Waals surface area (Å²) >= 11 is 0. The molecule has 0 atom stereocenters. The molecule has 0 spiro atoms. The molecule has 0 bridgehead atoms. The Kier molecular flexibility index (Phi) is 4.98. The maximum Gasteiger partial charge on any atom is 0.275 e. The fourth-order valence-electron chi connectivity index (χ4n) is 3.89. The lowest BCUT2D eigenvalue weighted by molar-refractivity contribution is -0.116. The van der Waals surface area contributed by atoms with Crippen LogP contribution in [0, 0.1) is 13.8 Å². The highest BCUT2D eigenvalue weighted by Crippen LogP contribution is 2.30. The van der Waals surface area contributed by atoms with Crippen LogP contribution < -0.4 is 10.9 Å². The average Bonchev–Trinajstić information content (AvgIpc) is 3.14. The molecule has 4 rings (SSSR count). The van der Waals surface area contributed by atoms with Crippen molar-refractivity contribution in [2.45, 2.75) is 58.4 Å².